The van der Waals surface area contributed by atoms with E-state index in [0.29, 0.717) is 31.6 Å². The van der Waals surface area contributed by atoms with E-state index in [1.54, 1.807) is 6.20 Å². The van der Waals surface area contributed by atoms with Gasteiger partial charge in [0.25, 0.3) is 5.91 Å². The van der Waals surface area contributed by atoms with E-state index >= 15 is 0 Å². The van der Waals surface area contributed by atoms with E-state index < -0.39 is 0 Å². The number of fused-ring (bicyclic) bond motifs is 1. The lowest BCUT2D eigenvalue weighted by atomic mass is 9.91. The fourth-order valence-corrected chi connectivity index (χ4v) is 4.15. The van der Waals surface area contributed by atoms with Crippen molar-refractivity contribution in [3.05, 3.63) is 65.5 Å². The highest BCUT2D eigenvalue weighted by Gasteiger charge is 2.45. The molecule has 0 saturated carbocycles. The number of rotatable bonds is 6. The van der Waals surface area contributed by atoms with Crippen LogP contribution in [0.15, 0.2) is 48.8 Å². The van der Waals surface area contributed by atoms with Crippen LogP contribution < -0.4 is 0 Å². The summed E-state index contributed by atoms with van der Waals surface area (Å²) in [7, 11) is 0. The van der Waals surface area contributed by atoms with Gasteiger partial charge in [-0.25, -0.2) is 0 Å². The van der Waals surface area contributed by atoms with E-state index in [-0.39, 0.29) is 12.0 Å². The van der Waals surface area contributed by atoms with Crippen molar-refractivity contribution in [1.82, 2.24) is 9.88 Å². The van der Waals surface area contributed by atoms with Crippen LogP contribution in [-0.4, -0.2) is 48.2 Å². The minimum Gasteiger partial charge on any atom is -0.377 e. The van der Waals surface area contributed by atoms with Crippen molar-refractivity contribution in [2.75, 3.05) is 26.3 Å². The molecule has 2 aromatic rings. The average Bonchev–Trinajstić information content (AvgIpc) is 3.27. The monoisotopic (exact) mass is 366 g/mol. The van der Waals surface area contributed by atoms with Gasteiger partial charge in [-0.2, -0.15) is 0 Å². The van der Waals surface area contributed by atoms with Crippen molar-refractivity contribution in [3.63, 3.8) is 0 Å². The minimum absolute atomic E-state index is 0.123. The quantitative estimate of drug-likeness (QED) is 0.737. The Balaban J connectivity index is 1.28. The molecule has 2 saturated heterocycles. The Morgan fingerprint density at radius 3 is 2.96 bits per heavy atom. The lowest BCUT2D eigenvalue weighted by Gasteiger charge is -2.20. The molecule has 3 heterocycles. The van der Waals surface area contributed by atoms with Crippen LogP contribution in [0.1, 0.15) is 27.9 Å². The summed E-state index contributed by atoms with van der Waals surface area (Å²) in [6.07, 6.45) is 4.74. The summed E-state index contributed by atoms with van der Waals surface area (Å²) in [5.41, 5.74) is 2.92. The molecule has 5 nitrogen and oxygen atoms in total. The summed E-state index contributed by atoms with van der Waals surface area (Å²) < 4.78 is 11.8. The molecule has 1 amide bonds. The third-order valence-electron chi connectivity index (χ3n) is 5.73. The van der Waals surface area contributed by atoms with Gasteiger partial charge in [-0.15, -0.1) is 0 Å². The first kappa shape index (κ1) is 18.1. The number of likely N-dealkylation sites (tertiary alicyclic amines) is 1. The number of aryl methyl sites for hydroxylation is 1. The topological polar surface area (TPSA) is 51.7 Å². The van der Waals surface area contributed by atoms with Gasteiger partial charge in [0, 0.05) is 43.6 Å². The number of aromatic nitrogens is 1. The molecular formula is C22H26N2O3. The van der Waals surface area contributed by atoms with Crippen molar-refractivity contribution >= 4 is 5.91 Å². The number of amides is 1. The van der Waals surface area contributed by atoms with Gasteiger partial charge in [-0.1, -0.05) is 24.3 Å². The van der Waals surface area contributed by atoms with Gasteiger partial charge >= 0.3 is 0 Å². The lowest BCUT2D eigenvalue weighted by molar-refractivity contribution is 0.0648. The fourth-order valence-electron chi connectivity index (χ4n) is 4.15. The maximum absolute atomic E-state index is 12.9. The van der Waals surface area contributed by atoms with Gasteiger partial charge in [0.15, 0.2) is 0 Å². The number of nitrogens with zero attached hydrogens (tertiary/aromatic N) is 2. The number of carbonyl (C=O) groups is 1. The van der Waals surface area contributed by atoms with E-state index in [0.717, 1.165) is 36.3 Å². The first-order valence-electron chi connectivity index (χ1n) is 9.65. The van der Waals surface area contributed by atoms with Gasteiger partial charge in [-0.3, -0.25) is 9.78 Å². The SMILES string of the molecule is Cc1ccccc1C(=O)N1C[C@H]2[C@@H](CCOCc3cccnc3)CO[C@H]2C1. The summed E-state index contributed by atoms with van der Waals surface area (Å²) in [4.78, 5) is 18.9. The number of pyridine rings is 1. The van der Waals surface area contributed by atoms with Crippen LogP contribution in [0, 0.1) is 18.8 Å². The van der Waals surface area contributed by atoms with Crippen molar-refractivity contribution in [2.45, 2.75) is 26.1 Å². The van der Waals surface area contributed by atoms with Crippen LogP contribution in [0.2, 0.25) is 0 Å². The molecule has 0 unspecified atom stereocenters. The highest BCUT2D eigenvalue weighted by atomic mass is 16.5. The van der Waals surface area contributed by atoms with Crippen LogP contribution in [0.3, 0.4) is 0 Å². The molecule has 0 aliphatic carbocycles. The molecule has 0 spiro atoms. The molecule has 4 rings (SSSR count). The van der Waals surface area contributed by atoms with Crippen LogP contribution in [0.4, 0.5) is 0 Å². The van der Waals surface area contributed by atoms with E-state index in [1.807, 2.05) is 54.4 Å². The van der Waals surface area contributed by atoms with E-state index in [2.05, 4.69) is 4.98 Å². The molecule has 0 N–H and O–H groups in total. The predicted octanol–water partition coefficient (Wildman–Crippen LogP) is 3.08. The Hall–Kier alpha value is -2.24. The molecule has 1 aromatic carbocycles. The van der Waals surface area contributed by atoms with Crippen LogP contribution in [0.25, 0.3) is 0 Å². The third-order valence-corrected chi connectivity index (χ3v) is 5.73. The highest BCUT2D eigenvalue weighted by molar-refractivity contribution is 5.95. The fraction of sp³-hybridized carbons (Fsp3) is 0.455. The predicted molar refractivity (Wildman–Crippen MR) is 102 cm³/mol. The average molecular weight is 366 g/mol. The Bertz CT molecular complexity index is 780. The number of benzene rings is 1. The van der Waals surface area contributed by atoms with Crippen LogP contribution in [-0.2, 0) is 16.1 Å². The normalized spacial score (nSPS) is 24.2. The van der Waals surface area contributed by atoms with Crippen molar-refractivity contribution in [2.24, 2.45) is 11.8 Å². The number of ether oxygens (including phenoxy) is 2. The first-order valence-corrected chi connectivity index (χ1v) is 9.65. The Morgan fingerprint density at radius 1 is 1.26 bits per heavy atom. The summed E-state index contributed by atoms with van der Waals surface area (Å²) in [6, 6.07) is 11.7. The largest absolute Gasteiger partial charge is 0.377 e. The second kappa shape index (κ2) is 8.19. The molecule has 5 heteroatoms. The molecule has 2 fully saturated rings. The maximum atomic E-state index is 12.9. The first-order chi connectivity index (χ1) is 13.2. The van der Waals surface area contributed by atoms with Crippen molar-refractivity contribution < 1.29 is 14.3 Å². The van der Waals surface area contributed by atoms with E-state index in [9.17, 15) is 4.79 Å². The molecule has 0 radical (unpaired) electrons. The summed E-state index contributed by atoms with van der Waals surface area (Å²) >= 11 is 0. The van der Waals surface area contributed by atoms with Crippen molar-refractivity contribution in [1.29, 1.82) is 0 Å². The Labute approximate surface area is 160 Å². The number of hydrogen-bond acceptors (Lipinski definition) is 4. The summed E-state index contributed by atoms with van der Waals surface area (Å²) in [5, 5.41) is 0. The molecular weight excluding hydrogens is 340 g/mol. The Morgan fingerprint density at radius 2 is 2.15 bits per heavy atom. The maximum Gasteiger partial charge on any atom is 0.254 e. The molecule has 3 atom stereocenters. The van der Waals surface area contributed by atoms with Crippen molar-refractivity contribution in [3.8, 4) is 0 Å². The number of carbonyl (C=O) groups excluding carboxylic acids is 1. The van der Waals surface area contributed by atoms with Crippen LogP contribution >= 0.6 is 0 Å². The molecule has 2 aliphatic rings. The molecule has 0 bridgehead atoms. The van der Waals surface area contributed by atoms with Gasteiger partial charge < -0.3 is 14.4 Å². The zero-order valence-electron chi connectivity index (χ0n) is 15.7. The molecule has 2 aliphatic heterocycles. The van der Waals surface area contributed by atoms with E-state index in [4.69, 9.17) is 9.47 Å². The summed E-state index contributed by atoms with van der Waals surface area (Å²) in [5.74, 6) is 0.996. The second-order valence-corrected chi connectivity index (χ2v) is 7.52. The van der Waals surface area contributed by atoms with Gasteiger partial charge in [0.1, 0.15) is 0 Å². The third kappa shape index (κ3) is 4.04. The summed E-state index contributed by atoms with van der Waals surface area (Å²) in [6.45, 7) is 5.54. The van der Waals surface area contributed by atoms with Gasteiger partial charge in [0.05, 0.1) is 19.3 Å². The molecule has 1 aromatic heterocycles. The lowest BCUT2D eigenvalue weighted by Crippen LogP contribution is -2.31. The molecule has 27 heavy (non-hydrogen) atoms. The highest BCUT2D eigenvalue weighted by Crippen LogP contribution is 2.36. The van der Waals surface area contributed by atoms with Gasteiger partial charge in [-0.05, 0) is 42.5 Å². The standard InChI is InChI=1S/C22H26N2O3/c1-16-5-2-3-7-19(16)22(25)24-12-20-18(15-27-21(20)13-24)8-10-26-14-17-6-4-9-23-11-17/h2-7,9,11,18,20-21H,8,10,12-15H2,1H3/t18-,20-,21-/m0/s1. The smallest absolute Gasteiger partial charge is 0.254 e. The van der Waals surface area contributed by atoms with Crippen LogP contribution in [0.5, 0.6) is 0 Å². The molecule has 142 valence electrons. The zero-order chi connectivity index (χ0) is 18.6. The van der Waals surface area contributed by atoms with Gasteiger partial charge in [0.2, 0.25) is 0 Å². The minimum atomic E-state index is 0.123. The second-order valence-electron chi connectivity index (χ2n) is 7.52. The Kier molecular flexibility index (Phi) is 5.50. The van der Waals surface area contributed by atoms with E-state index in [1.165, 1.54) is 0 Å². The zero-order valence-corrected chi connectivity index (χ0v) is 15.7. The number of hydrogen-bond donors (Lipinski definition) is 0.